The van der Waals surface area contributed by atoms with Crippen LogP contribution in [0.15, 0.2) is 17.1 Å². The first-order valence-corrected chi connectivity index (χ1v) is 20.7. The Balaban J connectivity index is 1.94. The first-order chi connectivity index (χ1) is 20.9. The molecule has 0 bridgehead atoms. The summed E-state index contributed by atoms with van der Waals surface area (Å²) in [4.78, 5) is 0. The summed E-state index contributed by atoms with van der Waals surface area (Å²) in [6.07, 6.45) is 50.6. The molecule has 1 aromatic rings. The maximum absolute atomic E-state index is 2.45. The molecule has 1 nitrogen and oxygen atoms in total. The van der Waals surface area contributed by atoms with Crippen molar-refractivity contribution < 1.29 is 4.57 Å². The van der Waals surface area contributed by atoms with E-state index in [2.05, 4.69) is 35.5 Å². The molecule has 0 aliphatic rings. The fourth-order valence-electron chi connectivity index (χ4n) is 6.78. The normalized spacial score (nSPS) is 12.3. The molecule has 1 atom stereocenters. The maximum Gasteiger partial charge on any atom is 0.224 e. The zero-order valence-corrected chi connectivity index (χ0v) is 30.0. The molecule has 0 N–H and O–H groups in total. The molecular formula is C40H78NS+. The van der Waals surface area contributed by atoms with Crippen LogP contribution in [-0.4, -0.2) is 0 Å². The molecule has 0 amide bonds. The fourth-order valence-corrected chi connectivity index (χ4v) is 7.39. The molecule has 0 saturated heterocycles. The molecule has 0 saturated carbocycles. The van der Waals surface area contributed by atoms with Gasteiger partial charge in [0.1, 0.15) is 0 Å². The van der Waals surface area contributed by atoms with E-state index in [-0.39, 0.29) is 0 Å². The largest absolute Gasteiger partial charge is 0.224 e. The molecule has 1 unspecified atom stereocenters. The predicted molar refractivity (Wildman–Crippen MR) is 192 cm³/mol. The molecule has 42 heavy (non-hydrogen) atoms. The van der Waals surface area contributed by atoms with Crippen molar-refractivity contribution in [2.75, 3.05) is 0 Å². The molecule has 0 radical (unpaired) electrons. The second kappa shape index (κ2) is 33.5. The van der Waals surface area contributed by atoms with E-state index in [9.17, 15) is 0 Å². The van der Waals surface area contributed by atoms with Crippen LogP contribution >= 0.6 is 11.3 Å². The average molecular weight is 605 g/mol. The van der Waals surface area contributed by atoms with E-state index in [0.29, 0.717) is 0 Å². The Hall–Kier alpha value is -0.370. The Morgan fingerprint density at radius 1 is 0.405 bits per heavy atom. The lowest BCUT2D eigenvalue weighted by molar-refractivity contribution is -0.698. The average Bonchev–Trinajstić information content (AvgIpc) is 3.52. The van der Waals surface area contributed by atoms with Crippen LogP contribution in [0.2, 0.25) is 0 Å². The Morgan fingerprint density at radius 3 is 0.952 bits per heavy atom. The molecule has 1 heterocycles. The molecule has 0 aliphatic heterocycles. The van der Waals surface area contributed by atoms with Crippen LogP contribution in [0, 0.1) is 5.92 Å². The highest BCUT2D eigenvalue weighted by molar-refractivity contribution is 7.07. The van der Waals surface area contributed by atoms with Crippen molar-refractivity contribution in [1.82, 2.24) is 0 Å². The van der Waals surface area contributed by atoms with Gasteiger partial charge in [-0.1, -0.05) is 224 Å². The minimum absolute atomic E-state index is 0.887. The summed E-state index contributed by atoms with van der Waals surface area (Å²) in [7, 11) is 0. The molecule has 248 valence electrons. The van der Waals surface area contributed by atoms with Gasteiger partial charge in [0, 0.05) is 5.92 Å². The third kappa shape index (κ3) is 28.4. The molecule has 2 heteroatoms. The molecule has 0 fully saturated rings. The van der Waals surface area contributed by atoms with Crippen LogP contribution < -0.4 is 4.57 Å². The standard InChI is InChI=1S/C40H78NS/c1-3-5-7-9-11-13-15-17-19-21-23-25-27-29-31-33-35-40(38-41-36-37-42-39-41)34-32-30-28-26-24-22-20-18-16-14-12-10-8-6-4-2/h36-37,39-40H,3-35,38H2,1-2H3/q+1. The summed E-state index contributed by atoms with van der Waals surface area (Å²) in [5.41, 5.74) is 2.31. The van der Waals surface area contributed by atoms with Crippen molar-refractivity contribution in [2.24, 2.45) is 5.92 Å². The number of hydrogen-bond acceptors (Lipinski definition) is 1. The fraction of sp³-hybridized carbons (Fsp3) is 0.925. The summed E-state index contributed by atoms with van der Waals surface area (Å²) < 4.78 is 2.45. The molecule has 1 rings (SSSR count). The number of rotatable bonds is 35. The molecule has 1 aromatic heterocycles. The van der Waals surface area contributed by atoms with Crippen LogP contribution in [0.25, 0.3) is 0 Å². The van der Waals surface area contributed by atoms with Gasteiger partial charge in [0.15, 0.2) is 12.7 Å². The third-order valence-electron chi connectivity index (χ3n) is 9.68. The molecule has 0 spiro atoms. The molecule has 0 aromatic carbocycles. The summed E-state index contributed by atoms with van der Waals surface area (Å²) in [5.74, 6) is 0.887. The van der Waals surface area contributed by atoms with Crippen molar-refractivity contribution in [1.29, 1.82) is 0 Å². The minimum atomic E-state index is 0.887. The van der Waals surface area contributed by atoms with Crippen molar-refractivity contribution in [3.05, 3.63) is 17.1 Å². The zero-order valence-electron chi connectivity index (χ0n) is 29.2. The van der Waals surface area contributed by atoms with Gasteiger partial charge in [-0.2, -0.15) is 4.57 Å². The second-order valence-corrected chi connectivity index (χ2v) is 14.7. The highest BCUT2D eigenvalue weighted by Gasteiger charge is 2.14. The van der Waals surface area contributed by atoms with Crippen LogP contribution in [0.1, 0.15) is 226 Å². The number of hydrogen-bond donors (Lipinski definition) is 0. The van der Waals surface area contributed by atoms with Crippen LogP contribution in [0.5, 0.6) is 0 Å². The summed E-state index contributed by atoms with van der Waals surface area (Å²) in [6.45, 7) is 5.87. The van der Waals surface area contributed by atoms with Crippen molar-refractivity contribution in [2.45, 2.75) is 232 Å². The third-order valence-corrected chi connectivity index (χ3v) is 10.3. The maximum atomic E-state index is 2.45. The highest BCUT2D eigenvalue weighted by atomic mass is 32.1. The Kier molecular flexibility index (Phi) is 31.6. The monoisotopic (exact) mass is 605 g/mol. The lowest BCUT2D eigenvalue weighted by atomic mass is 9.93. The van der Waals surface area contributed by atoms with Gasteiger partial charge in [-0.3, -0.25) is 0 Å². The number of unbranched alkanes of at least 4 members (excludes halogenated alkanes) is 29. The van der Waals surface area contributed by atoms with Gasteiger partial charge in [0.05, 0.1) is 5.38 Å². The van der Waals surface area contributed by atoms with E-state index in [1.807, 2.05) is 11.3 Å². The minimum Gasteiger partial charge on any atom is -0.195 e. The van der Waals surface area contributed by atoms with E-state index in [4.69, 9.17) is 0 Å². The van der Waals surface area contributed by atoms with Crippen LogP contribution in [0.4, 0.5) is 0 Å². The van der Waals surface area contributed by atoms with E-state index in [1.165, 1.54) is 218 Å². The van der Waals surface area contributed by atoms with Gasteiger partial charge in [-0.25, -0.2) is 0 Å². The van der Waals surface area contributed by atoms with Gasteiger partial charge < -0.3 is 0 Å². The van der Waals surface area contributed by atoms with Gasteiger partial charge in [0.25, 0.3) is 0 Å². The highest BCUT2D eigenvalue weighted by Crippen LogP contribution is 2.21. The van der Waals surface area contributed by atoms with Gasteiger partial charge in [-0.05, 0) is 12.8 Å². The zero-order chi connectivity index (χ0) is 30.0. The number of aromatic nitrogens is 1. The van der Waals surface area contributed by atoms with Crippen LogP contribution in [-0.2, 0) is 6.54 Å². The summed E-state index contributed by atoms with van der Waals surface area (Å²) >= 11 is 1.84. The summed E-state index contributed by atoms with van der Waals surface area (Å²) in [5, 5.41) is 2.24. The number of nitrogens with zero attached hydrogens (tertiary/aromatic N) is 1. The van der Waals surface area contributed by atoms with Crippen molar-refractivity contribution in [3.8, 4) is 0 Å². The smallest absolute Gasteiger partial charge is 0.195 e. The van der Waals surface area contributed by atoms with Crippen LogP contribution in [0.3, 0.4) is 0 Å². The van der Waals surface area contributed by atoms with E-state index in [0.717, 1.165) is 5.92 Å². The van der Waals surface area contributed by atoms with Crippen molar-refractivity contribution in [3.63, 3.8) is 0 Å². The number of thiazole rings is 1. The second-order valence-electron chi connectivity index (χ2n) is 13.9. The Morgan fingerprint density at radius 2 is 0.690 bits per heavy atom. The van der Waals surface area contributed by atoms with Crippen molar-refractivity contribution >= 4 is 11.3 Å². The first kappa shape index (κ1) is 39.7. The summed E-state index contributed by atoms with van der Waals surface area (Å²) in [6, 6.07) is 0. The lowest BCUT2D eigenvalue weighted by Crippen LogP contribution is -2.34. The SMILES string of the molecule is CCCCCCCCCCCCCCCCCCC(CCCCCCCCCCCCCCCCC)C[n+]1ccsc1. The predicted octanol–water partition coefficient (Wildman–Crippen LogP) is 14.6. The topological polar surface area (TPSA) is 3.88 Å². The van der Waals surface area contributed by atoms with E-state index < -0.39 is 0 Å². The molecule has 0 aliphatic carbocycles. The van der Waals surface area contributed by atoms with Gasteiger partial charge in [0.2, 0.25) is 5.51 Å². The quantitative estimate of drug-likeness (QED) is 0.0536. The first-order valence-electron chi connectivity index (χ1n) is 19.8. The Bertz CT molecular complexity index is 597. The Labute approximate surface area is 270 Å². The van der Waals surface area contributed by atoms with Gasteiger partial charge in [-0.15, -0.1) is 0 Å². The molecular weight excluding hydrogens is 527 g/mol. The van der Waals surface area contributed by atoms with Gasteiger partial charge >= 0.3 is 0 Å². The van der Waals surface area contributed by atoms with E-state index >= 15 is 0 Å². The lowest BCUT2D eigenvalue weighted by Gasteiger charge is -2.13. The van der Waals surface area contributed by atoms with E-state index in [1.54, 1.807) is 0 Å².